The molecule has 3 aromatic heterocycles. The summed E-state index contributed by atoms with van der Waals surface area (Å²) in [7, 11) is 5.56. The van der Waals surface area contributed by atoms with Gasteiger partial charge in [-0.3, -0.25) is 4.68 Å². The van der Waals surface area contributed by atoms with Crippen molar-refractivity contribution in [2.45, 2.75) is 18.9 Å². The lowest BCUT2D eigenvalue weighted by Crippen LogP contribution is -2.35. The Morgan fingerprint density at radius 1 is 1.08 bits per heavy atom. The molecule has 190 valence electrons. The van der Waals surface area contributed by atoms with Crippen LogP contribution in [0.4, 0.5) is 15.9 Å². The largest absolute Gasteiger partial charge is 0.489 e. The maximum absolute atomic E-state index is 15.3. The normalized spacial score (nSPS) is 14.9. The molecule has 0 atom stereocenters. The van der Waals surface area contributed by atoms with Crippen LogP contribution in [0.2, 0.25) is 0 Å². The van der Waals surface area contributed by atoms with Crippen LogP contribution in [0.5, 0.6) is 11.6 Å². The van der Waals surface area contributed by atoms with Gasteiger partial charge in [0.05, 0.1) is 45.0 Å². The van der Waals surface area contributed by atoms with Crippen molar-refractivity contribution in [2.75, 3.05) is 32.6 Å². The molecule has 1 saturated heterocycles. The average molecular weight is 520 g/mol. The van der Waals surface area contributed by atoms with E-state index in [1.807, 2.05) is 25.4 Å². The van der Waals surface area contributed by atoms with E-state index in [-0.39, 0.29) is 11.9 Å². The average Bonchev–Trinajstić information content (AvgIpc) is 3.54. The molecule has 1 aliphatic heterocycles. The van der Waals surface area contributed by atoms with Crippen molar-refractivity contribution < 1.29 is 13.9 Å². The number of methoxy groups -OCH3 is 1. The Balaban J connectivity index is 1.48. The van der Waals surface area contributed by atoms with E-state index in [9.17, 15) is 0 Å². The minimum absolute atomic E-state index is 0.0452. The van der Waals surface area contributed by atoms with E-state index in [0.717, 1.165) is 37.1 Å². The topological polar surface area (TPSA) is 90.2 Å². The van der Waals surface area contributed by atoms with E-state index >= 15 is 4.39 Å². The summed E-state index contributed by atoms with van der Waals surface area (Å²) in [6.07, 6.45) is 5.23. The number of benzene rings is 2. The molecule has 4 heterocycles. The zero-order chi connectivity index (χ0) is 25.5. The number of halogens is 1. The second-order valence-corrected chi connectivity index (χ2v) is 10.0. The Morgan fingerprint density at radius 2 is 1.92 bits per heavy atom. The van der Waals surface area contributed by atoms with Gasteiger partial charge < -0.3 is 19.7 Å². The Morgan fingerprint density at radius 3 is 2.73 bits per heavy atom. The smallest absolute Gasteiger partial charge is 0.240 e. The van der Waals surface area contributed by atoms with Crippen LogP contribution in [0.15, 0.2) is 42.3 Å². The molecule has 0 saturated carbocycles. The molecule has 1 fully saturated rings. The number of aromatic nitrogens is 5. The summed E-state index contributed by atoms with van der Waals surface area (Å²) in [6.45, 7) is 1.92. The molecule has 0 unspecified atom stereocenters. The number of hydrogen-bond donors (Lipinski definition) is 1. The van der Waals surface area contributed by atoms with Gasteiger partial charge in [-0.1, -0.05) is 0 Å². The Labute approximate surface area is 216 Å². The first-order valence-corrected chi connectivity index (χ1v) is 12.9. The molecule has 0 amide bonds. The third-order valence-corrected chi connectivity index (χ3v) is 7.49. The lowest BCUT2D eigenvalue weighted by molar-refractivity contribution is 0.116. The van der Waals surface area contributed by atoms with Gasteiger partial charge in [0.1, 0.15) is 24.0 Å². The van der Waals surface area contributed by atoms with E-state index < -0.39 is 0 Å². The van der Waals surface area contributed by atoms with Crippen LogP contribution < -0.4 is 14.8 Å². The van der Waals surface area contributed by atoms with E-state index in [2.05, 4.69) is 37.3 Å². The van der Waals surface area contributed by atoms with Gasteiger partial charge in [0.2, 0.25) is 5.88 Å². The predicted molar refractivity (Wildman–Crippen MR) is 142 cm³/mol. The minimum Gasteiger partial charge on any atom is -0.489 e. The summed E-state index contributed by atoms with van der Waals surface area (Å²) in [5.74, 6) is 1.26. The van der Waals surface area contributed by atoms with Gasteiger partial charge in [-0.15, -0.1) is 16.4 Å². The lowest BCUT2D eigenvalue weighted by Gasteiger charge is -2.30. The zero-order valence-corrected chi connectivity index (χ0v) is 21.5. The molecule has 2 aromatic carbocycles. The van der Waals surface area contributed by atoms with Crippen molar-refractivity contribution in [1.29, 1.82) is 0 Å². The van der Waals surface area contributed by atoms with Crippen LogP contribution in [0.25, 0.3) is 32.2 Å². The first-order valence-electron chi connectivity index (χ1n) is 12.0. The van der Waals surface area contributed by atoms with Crippen LogP contribution in [0, 0.1) is 5.82 Å². The molecule has 0 bridgehead atoms. The predicted octanol–water partition coefficient (Wildman–Crippen LogP) is 5.00. The Kier molecular flexibility index (Phi) is 6.09. The van der Waals surface area contributed by atoms with Gasteiger partial charge in [0, 0.05) is 26.3 Å². The third-order valence-electron chi connectivity index (χ3n) is 6.65. The highest BCUT2D eigenvalue weighted by Crippen LogP contribution is 2.40. The van der Waals surface area contributed by atoms with Gasteiger partial charge in [0.15, 0.2) is 5.82 Å². The number of nitrogens with one attached hydrogen (secondary N) is 1. The second-order valence-electron chi connectivity index (χ2n) is 9.19. The fraction of sp³-hybridized carbons (Fsp3) is 0.308. The molecule has 37 heavy (non-hydrogen) atoms. The minimum atomic E-state index is -0.360. The van der Waals surface area contributed by atoms with Crippen LogP contribution in [-0.4, -0.2) is 63.0 Å². The second kappa shape index (κ2) is 9.56. The van der Waals surface area contributed by atoms with Gasteiger partial charge in [-0.05, 0) is 49.7 Å². The fourth-order valence-electron chi connectivity index (χ4n) is 4.72. The summed E-state index contributed by atoms with van der Waals surface area (Å²) in [5.41, 5.74) is 4.95. The molecule has 1 aliphatic rings. The summed E-state index contributed by atoms with van der Waals surface area (Å²) in [4.78, 5) is 15.5. The summed E-state index contributed by atoms with van der Waals surface area (Å²) < 4.78 is 29.6. The lowest BCUT2D eigenvalue weighted by atomic mass is 10.0. The fourth-order valence-corrected chi connectivity index (χ4v) is 5.44. The SMILES string of the molecule is COc1nn(C)cc1-c1cc(OC2CCN(C)CC2)c2c(Nc3ccc4ncsc4c3F)ncnc2c1. The number of anilines is 2. The molecule has 0 aliphatic carbocycles. The Bertz CT molecular complexity index is 1590. The number of likely N-dealkylation sites (tertiary alicyclic amines) is 1. The van der Waals surface area contributed by atoms with E-state index in [1.54, 1.807) is 29.4 Å². The van der Waals surface area contributed by atoms with Gasteiger partial charge >= 0.3 is 0 Å². The maximum Gasteiger partial charge on any atom is 0.240 e. The van der Waals surface area contributed by atoms with E-state index in [4.69, 9.17) is 9.47 Å². The molecular weight excluding hydrogens is 493 g/mol. The van der Waals surface area contributed by atoms with E-state index in [1.165, 1.54) is 17.7 Å². The number of fused-ring (bicyclic) bond motifs is 2. The van der Waals surface area contributed by atoms with E-state index in [0.29, 0.717) is 44.3 Å². The number of ether oxygens (including phenoxy) is 2. The highest BCUT2D eigenvalue weighted by atomic mass is 32.1. The number of hydrogen-bond acceptors (Lipinski definition) is 9. The van der Waals surface area contributed by atoms with Crippen molar-refractivity contribution in [3.05, 3.63) is 48.1 Å². The number of thiazole rings is 1. The van der Waals surface area contributed by atoms with Gasteiger partial charge in [0.25, 0.3) is 0 Å². The quantitative estimate of drug-likeness (QED) is 0.335. The van der Waals surface area contributed by atoms with Crippen LogP contribution in [0.3, 0.4) is 0 Å². The van der Waals surface area contributed by atoms with Crippen LogP contribution in [-0.2, 0) is 7.05 Å². The van der Waals surface area contributed by atoms with Crippen molar-refractivity contribution in [2.24, 2.45) is 7.05 Å². The molecule has 11 heteroatoms. The molecule has 6 rings (SSSR count). The zero-order valence-electron chi connectivity index (χ0n) is 20.7. The Hall–Kier alpha value is -3.83. The standard InChI is InChI=1S/C26H26FN7O2S/c1-33-8-6-16(7-9-33)36-21-11-15(17-12-34(2)32-26(17)35-3)10-20-22(21)25(29-13-28-20)31-18-4-5-19-24(23(18)27)37-14-30-19/h4-5,10-14,16H,6-9H2,1-3H3,(H,28,29,31). The monoisotopic (exact) mass is 519 g/mol. The number of rotatable bonds is 6. The van der Waals surface area contributed by atoms with Gasteiger partial charge in [-0.25, -0.2) is 19.3 Å². The van der Waals surface area contributed by atoms with Crippen molar-refractivity contribution in [1.82, 2.24) is 29.6 Å². The highest BCUT2D eigenvalue weighted by Gasteiger charge is 2.23. The van der Waals surface area contributed by atoms with Crippen molar-refractivity contribution >= 4 is 44.0 Å². The van der Waals surface area contributed by atoms with Crippen LogP contribution in [0.1, 0.15) is 12.8 Å². The third kappa shape index (κ3) is 4.44. The number of aryl methyl sites for hydroxylation is 1. The maximum atomic E-state index is 15.3. The van der Waals surface area contributed by atoms with Crippen LogP contribution >= 0.6 is 11.3 Å². The molecule has 1 N–H and O–H groups in total. The highest BCUT2D eigenvalue weighted by molar-refractivity contribution is 7.16. The number of piperidine rings is 1. The summed E-state index contributed by atoms with van der Waals surface area (Å²) in [5, 5.41) is 8.28. The summed E-state index contributed by atoms with van der Waals surface area (Å²) in [6, 6.07) is 7.39. The van der Waals surface area contributed by atoms with Crippen molar-refractivity contribution in [3.8, 4) is 22.8 Å². The van der Waals surface area contributed by atoms with Crippen molar-refractivity contribution in [3.63, 3.8) is 0 Å². The number of nitrogens with zero attached hydrogens (tertiary/aromatic N) is 6. The molecule has 5 aromatic rings. The molecule has 0 radical (unpaired) electrons. The first-order chi connectivity index (χ1) is 18.0. The van der Waals surface area contributed by atoms with Gasteiger partial charge in [-0.2, -0.15) is 0 Å². The molecular formula is C26H26FN7O2S. The summed E-state index contributed by atoms with van der Waals surface area (Å²) >= 11 is 1.27. The first kappa shape index (κ1) is 23.6. The molecule has 0 spiro atoms. The molecule has 9 nitrogen and oxygen atoms in total.